The number of nitro benzene ring substituents is 1. The molecule has 2 aromatic rings. The molecule has 0 saturated carbocycles. The van der Waals surface area contributed by atoms with E-state index in [9.17, 15) is 19.7 Å². The summed E-state index contributed by atoms with van der Waals surface area (Å²) in [5, 5.41) is 13.9. The average molecular weight is 389 g/mol. The zero-order chi connectivity index (χ0) is 19.4. The molecule has 1 fully saturated rings. The van der Waals surface area contributed by atoms with Crippen LogP contribution in [0, 0.1) is 10.1 Å². The first-order valence-corrected chi connectivity index (χ1v) is 8.67. The van der Waals surface area contributed by atoms with Crippen molar-refractivity contribution in [1.82, 2.24) is 4.90 Å². The fourth-order valence-corrected chi connectivity index (χ4v) is 3.05. The Morgan fingerprint density at radius 3 is 2.41 bits per heavy atom. The Kier molecular flexibility index (Phi) is 5.56. The smallest absolute Gasteiger partial charge is 0.313 e. The molecule has 1 aliphatic heterocycles. The zero-order valence-electron chi connectivity index (χ0n) is 14.3. The van der Waals surface area contributed by atoms with E-state index in [4.69, 9.17) is 11.6 Å². The third kappa shape index (κ3) is 4.53. The quantitative estimate of drug-likeness (QED) is 0.495. The maximum Gasteiger partial charge on any atom is 0.313 e. The van der Waals surface area contributed by atoms with E-state index in [-0.39, 0.29) is 11.4 Å². The summed E-state index contributed by atoms with van der Waals surface area (Å²) < 4.78 is 0. The van der Waals surface area contributed by atoms with Gasteiger partial charge in [-0.2, -0.15) is 0 Å². The summed E-state index contributed by atoms with van der Waals surface area (Å²) in [6.07, 6.45) is 0. The molecule has 1 saturated heterocycles. The number of rotatable bonds is 3. The number of non-ortho nitro benzene ring substituents is 1. The van der Waals surface area contributed by atoms with Gasteiger partial charge in [0.25, 0.3) is 5.69 Å². The van der Waals surface area contributed by atoms with Crippen LogP contribution in [0.3, 0.4) is 0 Å². The van der Waals surface area contributed by atoms with E-state index in [0.717, 1.165) is 5.69 Å². The van der Waals surface area contributed by atoms with Crippen LogP contribution in [-0.4, -0.2) is 47.8 Å². The van der Waals surface area contributed by atoms with Gasteiger partial charge in [-0.25, -0.2) is 0 Å². The normalized spacial score (nSPS) is 14.0. The number of carbonyl (C=O) groups excluding carboxylic acids is 2. The lowest BCUT2D eigenvalue weighted by atomic mass is 10.2. The van der Waals surface area contributed by atoms with Crippen LogP contribution in [-0.2, 0) is 9.59 Å². The van der Waals surface area contributed by atoms with Gasteiger partial charge in [-0.05, 0) is 24.3 Å². The van der Waals surface area contributed by atoms with E-state index in [2.05, 4.69) is 10.2 Å². The number of hydrogen-bond acceptors (Lipinski definition) is 5. The lowest BCUT2D eigenvalue weighted by Crippen LogP contribution is -2.51. The fraction of sp³-hybridized carbons (Fsp3) is 0.222. The molecule has 9 heteroatoms. The van der Waals surface area contributed by atoms with Crippen molar-refractivity contribution in [1.29, 1.82) is 0 Å². The number of nitrogens with zero attached hydrogens (tertiary/aromatic N) is 3. The minimum atomic E-state index is -0.813. The van der Waals surface area contributed by atoms with Crippen molar-refractivity contribution < 1.29 is 14.5 Å². The lowest BCUT2D eigenvalue weighted by Gasteiger charge is -2.35. The largest absolute Gasteiger partial charge is 0.368 e. The number of nitro groups is 1. The summed E-state index contributed by atoms with van der Waals surface area (Å²) in [6.45, 7) is 1.95. The molecule has 0 bridgehead atoms. The molecule has 1 N–H and O–H groups in total. The summed E-state index contributed by atoms with van der Waals surface area (Å²) in [5.74, 6) is -1.47. The summed E-state index contributed by atoms with van der Waals surface area (Å²) in [4.78, 5) is 38.3. The number of carbonyl (C=O) groups is 2. The van der Waals surface area contributed by atoms with Crippen molar-refractivity contribution >= 4 is 40.5 Å². The molecule has 0 unspecified atom stereocenters. The Balaban J connectivity index is 1.58. The first-order valence-electron chi connectivity index (χ1n) is 8.29. The molecule has 2 amide bonds. The zero-order valence-corrected chi connectivity index (χ0v) is 15.1. The summed E-state index contributed by atoms with van der Waals surface area (Å²) in [7, 11) is 0. The first-order chi connectivity index (χ1) is 12.9. The third-order valence-electron chi connectivity index (χ3n) is 4.25. The summed E-state index contributed by atoms with van der Waals surface area (Å²) in [6, 6.07) is 12.9. The predicted molar refractivity (Wildman–Crippen MR) is 102 cm³/mol. The molecular weight excluding hydrogens is 372 g/mol. The van der Waals surface area contributed by atoms with Crippen molar-refractivity contribution in [2.75, 3.05) is 36.4 Å². The van der Waals surface area contributed by atoms with Crippen LogP contribution in [0.2, 0.25) is 5.02 Å². The van der Waals surface area contributed by atoms with Crippen LogP contribution in [0.5, 0.6) is 0 Å². The average Bonchev–Trinajstić information content (AvgIpc) is 2.67. The molecule has 3 rings (SSSR count). The van der Waals surface area contributed by atoms with E-state index < -0.39 is 16.7 Å². The Hall–Kier alpha value is -3.13. The number of hydrogen-bond donors (Lipinski definition) is 1. The summed E-state index contributed by atoms with van der Waals surface area (Å²) >= 11 is 6.01. The Morgan fingerprint density at radius 2 is 1.74 bits per heavy atom. The fourth-order valence-electron chi connectivity index (χ4n) is 2.87. The number of anilines is 2. The number of halogens is 1. The molecule has 140 valence electrons. The van der Waals surface area contributed by atoms with Gasteiger partial charge >= 0.3 is 11.8 Å². The van der Waals surface area contributed by atoms with Crippen LogP contribution < -0.4 is 10.2 Å². The second kappa shape index (κ2) is 8.05. The third-order valence-corrected chi connectivity index (χ3v) is 4.48. The van der Waals surface area contributed by atoms with Crippen molar-refractivity contribution in [3.63, 3.8) is 0 Å². The highest BCUT2D eigenvalue weighted by molar-refractivity contribution is 6.39. The second-order valence-corrected chi connectivity index (χ2v) is 6.46. The lowest BCUT2D eigenvalue weighted by molar-refractivity contribution is -0.384. The molecule has 0 atom stereocenters. The van der Waals surface area contributed by atoms with Gasteiger partial charge in [0.15, 0.2) is 0 Å². The van der Waals surface area contributed by atoms with Crippen LogP contribution in [0.15, 0.2) is 48.5 Å². The minimum Gasteiger partial charge on any atom is -0.368 e. The van der Waals surface area contributed by atoms with E-state index in [1.165, 1.54) is 29.2 Å². The van der Waals surface area contributed by atoms with E-state index in [1.807, 2.05) is 18.2 Å². The van der Waals surface area contributed by atoms with E-state index in [1.54, 1.807) is 6.07 Å². The number of piperazine rings is 1. The van der Waals surface area contributed by atoms with Gasteiger partial charge in [0.1, 0.15) is 0 Å². The van der Waals surface area contributed by atoms with Gasteiger partial charge in [0.05, 0.1) is 4.92 Å². The van der Waals surface area contributed by atoms with Crippen molar-refractivity contribution in [3.05, 3.63) is 63.7 Å². The number of benzene rings is 2. The second-order valence-electron chi connectivity index (χ2n) is 6.02. The molecular formula is C18H17ClN4O4. The van der Waals surface area contributed by atoms with Gasteiger partial charge < -0.3 is 15.1 Å². The molecule has 8 nitrogen and oxygen atoms in total. The highest BCUT2D eigenvalue weighted by Gasteiger charge is 2.26. The minimum absolute atomic E-state index is 0.157. The van der Waals surface area contributed by atoms with Gasteiger partial charge in [-0.15, -0.1) is 0 Å². The van der Waals surface area contributed by atoms with Gasteiger partial charge in [0.2, 0.25) is 0 Å². The van der Waals surface area contributed by atoms with Gasteiger partial charge in [-0.1, -0.05) is 23.7 Å². The molecule has 1 aliphatic rings. The van der Waals surface area contributed by atoms with Crippen LogP contribution in [0.25, 0.3) is 0 Å². The van der Waals surface area contributed by atoms with Crippen LogP contribution >= 0.6 is 11.6 Å². The van der Waals surface area contributed by atoms with E-state index >= 15 is 0 Å². The highest BCUT2D eigenvalue weighted by Crippen LogP contribution is 2.21. The van der Waals surface area contributed by atoms with Crippen LogP contribution in [0.4, 0.5) is 17.1 Å². The number of nitrogens with one attached hydrogen (secondary N) is 1. The van der Waals surface area contributed by atoms with Crippen LogP contribution in [0.1, 0.15) is 0 Å². The van der Waals surface area contributed by atoms with Gasteiger partial charge in [0, 0.05) is 54.7 Å². The topological polar surface area (TPSA) is 95.8 Å². The van der Waals surface area contributed by atoms with Crippen molar-refractivity contribution in [3.8, 4) is 0 Å². The molecule has 27 heavy (non-hydrogen) atoms. The Bertz CT molecular complexity index is 881. The number of amides is 2. The SMILES string of the molecule is O=C(Nc1cccc([N+](=O)[O-])c1)C(=O)N1CCN(c2cccc(Cl)c2)CC1. The molecule has 0 aromatic heterocycles. The Morgan fingerprint density at radius 1 is 1.04 bits per heavy atom. The first kappa shape index (κ1) is 18.7. The predicted octanol–water partition coefficient (Wildman–Crippen LogP) is 2.54. The Labute approximate surface area is 160 Å². The molecule has 2 aromatic carbocycles. The molecule has 0 spiro atoms. The van der Waals surface area contributed by atoms with Crippen molar-refractivity contribution in [2.24, 2.45) is 0 Å². The van der Waals surface area contributed by atoms with Gasteiger partial charge in [-0.3, -0.25) is 19.7 Å². The highest BCUT2D eigenvalue weighted by atomic mass is 35.5. The molecule has 0 aliphatic carbocycles. The maximum atomic E-state index is 12.4. The molecule has 0 radical (unpaired) electrons. The van der Waals surface area contributed by atoms with E-state index in [0.29, 0.717) is 31.2 Å². The monoisotopic (exact) mass is 388 g/mol. The molecule has 1 heterocycles. The summed E-state index contributed by atoms with van der Waals surface area (Å²) in [5.41, 5.74) is 1.02. The standard InChI is InChI=1S/C18H17ClN4O4/c19-13-3-1-5-15(11-13)21-7-9-22(10-8-21)18(25)17(24)20-14-4-2-6-16(12-14)23(26)27/h1-6,11-12H,7-10H2,(H,20,24). The maximum absolute atomic E-state index is 12.4. The van der Waals surface area contributed by atoms with Crippen molar-refractivity contribution in [2.45, 2.75) is 0 Å².